The van der Waals surface area contributed by atoms with Crippen LogP contribution in [0.4, 0.5) is 0 Å². The fraction of sp³-hybridized carbons (Fsp3) is 0.400. The number of nitrogens with one attached hydrogen (secondary N) is 1. The molecule has 4 nitrogen and oxygen atoms in total. The van der Waals surface area contributed by atoms with Gasteiger partial charge in [-0.3, -0.25) is 4.79 Å². The van der Waals surface area contributed by atoms with E-state index < -0.39 is 5.54 Å². The zero-order valence-electron chi connectivity index (χ0n) is 12.3. The molecule has 0 saturated carbocycles. The summed E-state index contributed by atoms with van der Waals surface area (Å²) in [5.74, 6) is -0.133. The van der Waals surface area contributed by atoms with E-state index in [0.29, 0.717) is 17.1 Å². The topological polar surface area (TPSA) is 52.6 Å². The van der Waals surface area contributed by atoms with Crippen LogP contribution in [0.2, 0.25) is 5.02 Å². The van der Waals surface area contributed by atoms with Crippen LogP contribution < -0.4 is 5.32 Å². The largest absolute Gasteiger partial charge is 0.508 e. The quantitative estimate of drug-likeness (QED) is 0.821. The SMILES string of the molecule is CN(C)C/C=C/C(=O)NC(C)(C)c1ccc(Cl)cc1O. The Morgan fingerprint density at radius 1 is 1.45 bits per heavy atom. The normalized spacial score (nSPS) is 12.1. The molecule has 1 amide bonds. The van der Waals surface area contributed by atoms with Gasteiger partial charge in [0.2, 0.25) is 5.91 Å². The molecule has 0 atom stereocenters. The van der Waals surface area contributed by atoms with Crippen LogP contribution in [-0.2, 0) is 10.3 Å². The molecule has 0 bridgehead atoms. The first-order chi connectivity index (χ1) is 9.22. The van der Waals surface area contributed by atoms with Crippen molar-refractivity contribution in [1.82, 2.24) is 10.2 Å². The third-order valence-corrected chi connectivity index (χ3v) is 3.04. The van der Waals surface area contributed by atoms with Gasteiger partial charge in [0.15, 0.2) is 0 Å². The van der Waals surface area contributed by atoms with Crippen molar-refractivity contribution < 1.29 is 9.90 Å². The number of carbonyl (C=O) groups excluding carboxylic acids is 1. The van der Waals surface area contributed by atoms with Crippen LogP contribution >= 0.6 is 11.6 Å². The van der Waals surface area contributed by atoms with Crippen LogP contribution in [0.1, 0.15) is 19.4 Å². The molecule has 5 heteroatoms. The third-order valence-electron chi connectivity index (χ3n) is 2.81. The number of phenols is 1. The number of halogens is 1. The molecule has 1 aromatic carbocycles. The Hall–Kier alpha value is -1.52. The third kappa shape index (κ3) is 4.87. The van der Waals surface area contributed by atoms with Gasteiger partial charge >= 0.3 is 0 Å². The summed E-state index contributed by atoms with van der Waals surface area (Å²) in [7, 11) is 3.86. The molecule has 2 N–H and O–H groups in total. The number of hydrogen-bond donors (Lipinski definition) is 2. The van der Waals surface area contributed by atoms with E-state index in [0.717, 1.165) is 0 Å². The Kier molecular flexibility index (Phi) is 5.60. The van der Waals surface area contributed by atoms with Gasteiger partial charge in [0.25, 0.3) is 0 Å². The van der Waals surface area contributed by atoms with Crippen LogP contribution in [0.3, 0.4) is 0 Å². The second-order valence-corrected chi connectivity index (χ2v) is 5.88. The summed E-state index contributed by atoms with van der Waals surface area (Å²) in [5.41, 5.74) is -0.0648. The van der Waals surface area contributed by atoms with Crippen molar-refractivity contribution in [2.45, 2.75) is 19.4 Å². The number of nitrogens with zero attached hydrogens (tertiary/aromatic N) is 1. The molecular formula is C15H21ClN2O2. The maximum Gasteiger partial charge on any atom is 0.244 e. The van der Waals surface area contributed by atoms with E-state index in [2.05, 4.69) is 5.32 Å². The lowest BCUT2D eigenvalue weighted by molar-refractivity contribution is -0.118. The summed E-state index contributed by atoms with van der Waals surface area (Å²) in [6.45, 7) is 4.35. The minimum Gasteiger partial charge on any atom is -0.508 e. The van der Waals surface area contributed by atoms with Crippen molar-refractivity contribution in [2.24, 2.45) is 0 Å². The van der Waals surface area contributed by atoms with Gasteiger partial charge in [-0.2, -0.15) is 0 Å². The van der Waals surface area contributed by atoms with Gasteiger partial charge in [-0.25, -0.2) is 0 Å². The zero-order valence-corrected chi connectivity index (χ0v) is 13.0. The first-order valence-corrected chi connectivity index (χ1v) is 6.72. The lowest BCUT2D eigenvalue weighted by atomic mass is 9.93. The average molecular weight is 297 g/mol. The van der Waals surface area contributed by atoms with Gasteiger partial charge in [0.1, 0.15) is 5.75 Å². The molecule has 0 saturated heterocycles. The number of hydrogen-bond acceptors (Lipinski definition) is 3. The zero-order chi connectivity index (χ0) is 15.3. The van der Waals surface area contributed by atoms with Crippen LogP contribution in [0, 0.1) is 0 Å². The highest BCUT2D eigenvalue weighted by atomic mass is 35.5. The van der Waals surface area contributed by atoms with Crippen molar-refractivity contribution in [3.05, 3.63) is 40.9 Å². The highest BCUT2D eigenvalue weighted by Gasteiger charge is 2.25. The van der Waals surface area contributed by atoms with E-state index in [9.17, 15) is 9.90 Å². The van der Waals surface area contributed by atoms with Gasteiger partial charge in [-0.1, -0.05) is 23.7 Å². The van der Waals surface area contributed by atoms with Gasteiger partial charge in [-0.05, 0) is 40.1 Å². The average Bonchev–Trinajstić information content (AvgIpc) is 2.26. The van der Waals surface area contributed by atoms with E-state index in [1.165, 1.54) is 12.1 Å². The number of benzene rings is 1. The minimum atomic E-state index is -0.686. The summed E-state index contributed by atoms with van der Waals surface area (Å²) in [6.07, 6.45) is 3.28. The van der Waals surface area contributed by atoms with Crippen molar-refractivity contribution in [2.75, 3.05) is 20.6 Å². The molecule has 0 aliphatic rings. The van der Waals surface area contributed by atoms with Gasteiger partial charge < -0.3 is 15.3 Å². The molecule has 1 aromatic rings. The van der Waals surface area contributed by atoms with Gasteiger partial charge in [0.05, 0.1) is 5.54 Å². The second-order valence-electron chi connectivity index (χ2n) is 5.44. The van der Waals surface area contributed by atoms with E-state index in [4.69, 9.17) is 11.6 Å². The molecule has 110 valence electrons. The number of phenolic OH excluding ortho intramolecular Hbond substituents is 1. The van der Waals surface area contributed by atoms with E-state index in [-0.39, 0.29) is 11.7 Å². The molecule has 0 aromatic heterocycles. The highest BCUT2D eigenvalue weighted by molar-refractivity contribution is 6.30. The predicted octanol–water partition coefficient (Wildman–Crippen LogP) is 2.51. The molecule has 0 aliphatic carbocycles. The van der Waals surface area contributed by atoms with Crippen LogP contribution in [0.25, 0.3) is 0 Å². The predicted molar refractivity (Wildman–Crippen MR) is 82.0 cm³/mol. The van der Waals surface area contributed by atoms with Gasteiger partial charge in [0, 0.05) is 23.2 Å². The molecule has 0 fully saturated rings. The van der Waals surface area contributed by atoms with Crippen molar-refractivity contribution >= 4 is 17.5 Å². The monoisotopic (exact) mass is 296 g/mol. The number of likely N-dealkylation sites (N-methyl/N-ethyl adjacent to an activating group) is 1. The number of aromatic hydroxyl groups is 1. The highest BCUT2D eigenvalue weighted by Crippen LogP contribution is 2.31. The minimum absolute atomic E-state index is 0.0695. The Morgan fingerprint density at radius 3 is 2.65 bits per heavy atom. The number of carbonyl (C=O) groups is 1. The summed E-state index contributed by atoms with van der Waals surface area (Å²) >= 11 is 5.81. The standard InChI is InChI=1S/C15H21ClN2O2/c1-15(2,12-8-7-11(16)10-13(12)19)17-14(20)6-5-9-18(3)4/h5-8,10,19H,9H2,1-4H3,(H,17,20)/b6-5+. The maximum atomic E-state index is 11.9. The molecule has 0 spiro atoms. The molecule has 0 heterocycles. The number of amides is 1. The molecular weight excluding hydrogens is 276 g/mol. The Balaban J connectivity index is 2.78. The Bertz CT molecular complexity index is 511. The Morgan fingerprint density at radius 2 is 2.10 bits per heavy atom. The fourth-order valence-corrected chi connectivity index (χ4v) is 1.99. The summed E-state index contributed by atoms with van der Waals surface area (Å²) < 4.78 is 0. The van der Waals surface area contributed by atoms with E-state index in [1.54, 1.807) is 18.2 Å². The summed E-state index contributed by atoms with van der Waals surface area (Å²) in [6, 6.07) is 4.86. The van der Waals surface area contributed by atoms with Gasteiger partial charge in [-0.15, -0.1) is 0 Å². The van der Waals surface area contributed by atoms with Crippen LogP contribution in [0.5, 0.6) is 5.75 Å². The van der Waals surface area contributed by atoms with E-state index >= 15 is 0 Å². The second kappa shape index (κ2) is 6.77. The van der Waals surface area contributed by atoms with E-state index in [1.807, 2.05) is 32.8 Å². The van der Waals surface area contributed by atoms with Crippen molar-refractivity contribution in [1.29, 1.82) is 0 Å². The van der Waals surface area contributed by atoms with Crippen LogP contribution in [0.15, 0.2) is 30.4 Å². The molecule has 0 radical (unpaired) electrons. The van der Waals surface area contributed by atoms with Crippen LogP contribution in [-0.4, -0.2) is 36.6 Å². The lowest BCUT2D eigenvalue weighted by Crippen LogP contribution is -2.40. The lowest BCUT2D eigenvalue weighted by Gasteiger charge is -2.27. The fourth-order valence-electron chi connectivity index (χ4n) is 1.82. The molecule has 0 aliphatic heterocycles. The van der Waals surface area contributed by atoms with Crippen molar-refractivity contribution in [3.63, 3.8) is 0 Å². The Labute approximate surface area is 125 Å². The summed E-state index contributed by atoms with van der Waals surface area (Å²) in [4.78, 5) is 13.8. The number of rotatable bonds is 5. The smallest absolute Gasteiger partial charge is 0.244 e. The molecule has 20 heavy (non-hydrogen) atoms. The summed E-state index contributed by atoms with van der Waals surface area (Å²) in [5, 5.41) is 13.2. The maximum absolute atomic E-state index is 11.9. The first kappa shape index (κ1) is 16.5. The first-order valence-electron chi connectivity index (χ1n) is 6.35. The molecule has 1 rings (SSSR count). The molecule has 0 unspecified atom stereocenters. The van der Waals surface area contributed by atoms with Crippen molar-refractivity contribution in [3.8, 4) is 5.75 Å².